The van der Waals surface area contributed by atoms with E-state index in [0.717, 1.165) is 24.4 Å². The van der Waals surface area contributed by atoms with Crippen LogP contribution in [0, 0.1) is 6.92 Å². The predicted molar refractivity (Wildman–Crippen MR) is 73.9 cm³/mol. The Morgan fingerprint density at radius 2 is 2.21 bits per heavy atom. The van der Waals surface area contributed by atoms with Crippen LogP contribution in [0.1, 0.15) is 16.3 Å². The van der Waals surface area contributed by atoms with Crippen molar-refractivity contribution in [3.05, 3.63) is 33.2 Å². The van der Waals surface area contributed by atoms with Gasteiger partial charge in [0.15, 0.2) is 5.69 Å². The number of thiophene rings is 1. The van der Waals surface area contributed by atoms with Crippen molar-refractivity contribution in [2.75, 3.05) is 0 Å². The molecular formula is C13H12ClN3S2. The zero-order chi connectivity index (χ0) is 12.1. The lowest BCUT2D eigenvalue weighted by atomic mass is 10.0. The van der Waals surface area contributed by atoms with Gasteiger partial charge < -0.3 is 12.4 Å². The molecular weight excluding hydrogens is 298 g/mol. The average molecular weight is 310 g/mol. The molecule has 0 radical (unpaired) electrons. The van der Waals surface area contributed by atoms with Crippen molar-refractivity contribution in [2.45, 2.75) is 19.8 Å². The monoisotopic (exact) mass is 309 g/mol. The Kier molecular flexibility index (Phi) is 3.20. The fraction of sp³-hybridized carbons (Fsp3) is 0.231. The van der Waals surface area contributed by atoms with Crippen molar-refractivity contribution >= 4 is 22.7 Å². The first kappa shape index (κ1) is 12.8. The largest absolute Gasteiger partial charge is 1.00 e. The van der Waals surface area contributed by atoms with Crippen molar-refractivity contribution in [1.29, 1.82) is 0 Å². The molecule has 0 bridgehead atoms. The average Bonchev–Trinajstić information content (AvgIpc) is 3.04. The SMILES string of the molecule is Cc1ncsc1-c1[nH]c2c([nH+]1)-c1ccsc1CC2.[Cl-]. The van der Waals surface area contributed by atoms with Crippen LogP contribution >= 0.6 is 22.7 Å². The van der Waals surface area contributed by atoms with Gasteiger partial charge in [-0.1, -0.05) is 0 Å². The molecule has 19 heavy (non-hydrogen) atoms. The number of rotatable bonds is 1. The summed E-state index contributed by atoms with van der Waals surface area (Å²) in [5.74, 6) is 1.10. The summed E-state index contributed by atoms with van der Waals surface area (Å²) in [4.78, 5) is 14.1. The maximum absolute atomic E-state index is 4.31. The third-order valence-electron chi connectivity index (χ3n) is 3.42. The van der Waals surface area contributed by atoms with Gasteiger partial charge >= 0.3 is 0 Å². The minimum absolute atomic E-state index is 0. The van der Waals surface area contributed by atoms with Gasteiger partial charge in [-0.25, -0.2) is 15.0 Å². The van der Waals surface area contributed by atoms with E-state index in [9.17, 15) is 0 Å². The van der Waals surface area contributed by atoms with Gasteiger partial charge in [0.05, 0.1) is 11.2 Å². The van der Waals surface area contributed by atoms with E-state index >= 15 is 0 Å². The van der Waals surface area contributed by atoms with Gasteiger partial charge in [0, 0.05) is 16.9 Å². The summed E-state index contributed by atoms with van der Waals surface area (Å²) >= 11 is 3.53. The van der Waals surface area contributed by atoms with E-state index in [4.69, 9.17) is 0 Å². The van der Waals surface area contributed by atoms with Crippen LogP contribution in [0.4, 0.5) is 0 Å². The van der Waals surface area contributed by atoms with Gasteiger partial charge in [0.1, 0.15) is 10.6 Å². The van der Waals surface area contributed by atoms with Gasteiger partial charge in [-0.05, 0) is 24.8 Å². The van der Waals surface area contributed by atoms with Crippen LogP contribution < -0.4 is 17.4 Å². The maximum atomic E-state index is 4.31. The lowest BCUT2D eigenvalue weighted by Crippen LogP contribution is -3.00. The van der Waals surface area contributed by atoms with Gasteiger partial charge in [-0.2, -0.15) is 0 Å². The van der Waals surface area contributed by atoms with Gasteiger partial charge in [-0.3, -0.25) is 0 Å². The Hall–Kier alpha value is -1.17. The molecule has 3 nitrogen and oxygen atoms in total. The predicted octanol–water partition coefficient (Wildman–Crippen LogP) is 0.0918. The molecule has 1 aliphatic rings. The van der Waals surface area contributed by atoms with Crippen LogP contribution in [-0.2, 0) is 12.8 Å². The van der Waals surface area contributed by atoms with E-state index in [2.05, 4.69) is 33.3 Å². The molecule has 0 aromatic carbocycles. The van der Waals surface area contributed by atoms with Gasteiger partial charge in [0.2, 0.25) is 0 Å². The third kappa shape index (κ3) is 1.93. The van der Waals surface area contributed by atoms with Crippen molar-refractivity contribution in [2.24, 2.45) is 0 Å². The minimum Gasteiger partial charge on any atom is -1.00 e. The molecule has 0 saturated carbocycles. The number of aromatic amines is 2. The fourth-order valence-electron chi connectivity index (χ4n) is 2.51. The Balaban J connectivity index is 0.00000110. The van der Waals surface area contributed by atoms with Crippen LogP contribution in [0.15, 0.2) is 17.0 Å². The van der Waals surface area contributed by atoms with E-state index in [0.29, 0.717) is 0 Å². The second kappa shape index (κ2) is 4.74. The molecule has 0 saturated heterocycles. The number of fused-ring (bicyclic) bond motifs is 3. The molecule has 0 unspecified atom stereocenters. The highest BCUT2D eigenvalue weighted by atomic mass is 35.5. The molecule has 0 fully saturated rings. The van der Waals surface area contributed by atoms with Crippen LogP contribution in [0.25, 0.3) is 22.0 Å². The number of imidazole rings is 1. The Bertz CT molecular complexity index is 726. The summed E-state index contributed by atoms with van der Waals surface area (Å²) in [7, 11) is 0. The quantitative estimate of drug-likeness (QED) is 0.680. The van der Waals surface area contributed by atoms with E-state index in [1.165, 1.54) is 26.7 Å². The first-order valence-corrected chi connectivity index (χ1v) is 7.70. The van der Waals surface area contributed by atoms with Gasteiger partial charge in [-0.15, -0.1) is 22.7 Å². The Morgan fingerprint density at radius 1 is 1.32 bits per heavy atom. The summed E-state index contributed by atoms with van der Waals surface area (Å²) < 4.78 is 0. The topological polar surface area (TPSA) is 42.8 Å². The zero-order valence-electron chi connectivity index (χ0n) is 10.3. The molecule has 98 valence electrons. The number of nitrogens with zero attached hydrogens (tertiary/aromatic N) is 1. The number of hydrogen-bond acceptors (Lipinski definition) is 3. The second-order valence-corrected chi connectivity index (χ2v) is 6.36. The molecule has 3 aromatic rings. The number of H-pyrrole nitrogens is 2. The molecule has 3 aromatic heterocycles. The Morgan fingerprint density at radius 3 is 3.00 bits per heavy atom. The van der Waals surface area contributed by atoms with Crippen molar-refractivity contribution in [3.63, 3.8) is 0 Å². The first-order chi connectivity index (χ1) is 8.83. The summed E-state index contributed by atoms with van der Waals surface area (Å²) in [5.41, 5.74) is 6.93. The molecule has 0 aliphatic heterocycles. The van der Waals surface area contributed by atoms with Crippen LogP contribution in [-0.4, -0.2) is 9.97 Å². The standard InChI is InChI=1S/C13H11N3S2.ClH/c1-7-12(18-6-14-7)13-15-9-2-3-10-8(4-5-17-10)11(9)16-13;/h4-6H,2-3H2,1H3,(H,15,16);1H. The number of aromatic nitrogens is 3. The molecule has 0 spiro atoms. The number of thiazole rings is 1. The van der Waals surface area contributed by atoms with Crippen molar-refractivity contribution in [3.8, 4) is 22.0 Å². The van der Waals surface area contributed by atoms with Crippen molar-refractivity contribution < 1.29 is 17.4 Å². The highest BCUT2D eigenvalue weighted by Gasteiger charge is 2.27. The molecule has 2 N–H and O–H groups in total. The number of halogens is 1. The molecule has 0 atom stereocenters. The zero-order valence-corrected chi connectivity index (χ0v) is 12.7. The van der Waals surface area contributed by atoms with E-state index in [1.54, 1.807) is 11.3 Å². The summed E-state index contributed by atoms with van der Waals surface area (Å²) in [6.07, 6.45) is 2.24. The molecule has 3 heterocycles. The van der Waals surface area contributed by atoms with Crippen LogP contribution in [0.2, 0.25) is 0 Å². The number of nitrogens with one attached hydrogen (secondary N) is 2. The summed E-state index contributed by atoms with van der Waals surface area (Å²) in [6.45, 7) is 2.05. The summed E-state index contributed by atoms with van der Waals surface area (Å²) in [5, 5.41) is 2.18. The highest BCUT2D eigenvalue weighted by molar-refractivity contribution is 7.13. The van der Waals surface area contributed by atoms with E-state index in [-0.39, 0.29) is 12.4 Å². The lowest BCUT2D eigenvalue weighted by molar-refractivity contribution is -0.349. The van der Waals surface area contributed by atoms with E-state index < -0.39 is 0 Å². The second-order valence-electron chi connectivity index (χ2n) is 4.50. The smallest absolute Gasteiger partial charge is 0.297 e. The molecule has 1 aliphatic carbocycles. The minimum atomic E-state index is 0. The normalized spacial score (nSPS) is 12.7. The maximum Gasteiger partial charge on any atom is 0.297 e. The number of aryl methyl sites for hydroxylation is 3. The lowest BCUT2D eigenvalue weighted by Gasteiger charge is -2.05. The van der Waals surface area contributed by atoms with Crippen molar-refractivity contribution in [1.82, 2.24) is 9.97 Å². The van der Waals surface area contributed by atoms with Crippen LogP contribution in [0.5, 0.6) is 0 Å². The third-order valence-corrected chi connectivity index (χ3v) is 5.34. The van der Waals surface area contributed by atoms with E-state index in [1.807, 2.05) is 16.8 Å². The highest BCUT2D eigenvalue weighted by Crippen LogP contribution is 2.35. The fourth-order valence-corrected chi connectivity index (χ4v) is 4.16. The first-order valence-electron chi connectivity index (χ1n) is 5.94. The molecule has 4 rings (SSSR count). The van der Waals surface area contributed by atoms with Gasteiger partial charge in [0.25, 0.3) is 5.82 Å². The Labute approximate surface area is 125 Å². The van der Waals surface area contributed by atoms with Crippen LogP contribution in [0.3, 0.4) is 0 Å². The molecule has 6 heteroatoms. The summed E-state index contributed by atoms with van der Waals surface area (Å²) in [6, 6.07) is 2.21. The number of hydrogen-bond donors (Lipinski definition) is 1. The molecule has 0 amide bonds.